The minimum absolute atomic E-state index is 0.00765. The summed E-state index contributed by atoms with van der Waals surface area (Å²) in [7, 11) is -1.22. The molecule has 0 bridgehead atoms. The number of hydrogen-bond acceptors (Lipinski definition) is 6. The van der Waals surface area contributed by atoms with Crippen LogP contribution in [0.15, 0.2) is 54.0 Å². The van der Waals surface area contributed by atoms with Crippen molar-refractivity contribution in [3.8, 4) is 0 Å². The van der Waals surface area contributed by atoms with Gasteiger partial charge in [0.2, 0.25) is 10.0 Å². The first kappa shape index (κ1) is 24.3. The highest BCUT2D eigenvalue weighted by Gasteiger charge is 2.33. The first-order valence-corrected chi connectivity index (χ1v) is 13.8. The topological polar surface area (TPSA) is 94.6 Å². The third-order valence-corrected chi connectivity index (χ3v) is 7.22. The zero-order valence-corrected chi connectivity index (χ0v) is 21.2. The highest BCUT2D eigenvalue weighted by molar-refractivity contribution is 7.88. The van der Waals surface area contributed by atoms with Crippen molar-refractivity contribution in [2.75, 3.05) is 31.3 Å². The number of carbonyl (C=O) groups excluding carboxylic acids is 1. The van der Waals surface area contributed by atoms with E-state index in [1.807, 2.05) is 35.4 Å². The van der Waals surface area contributed by atoms with Gasteiger partial charge in [0.25, 0.3) is 5.91 Å². The van der Waals surface area contributed by atoms with Crippen LogP contribution in [0.5, 0.6) is 0 Å². The highest BCUT2D eigenvalue weighted by atomic mass is 32.2. The molecule has 3 aliphatic rings. The molecular weight excluding hydrogens is 450 g/mol. The first-order chi connectivity index (χ1) is 16.1. The van der Waals surface area contributed by atoms with Crippen molar-refractivity contribution in [3.63, 3.8) is 0 Å². The fourth-order valence-corrected chi connectivity index (χ4v) is 5.54. The number of hydrogen-bond donors (Lipinski definition) is 2. The molecule has 2 atom stereocenters. The number of likely N-dealkylation sites (tertiary alicyclic amines) is 1. The second-order valence-electron chi connectivity index (χ2n) is 9.90. The Morgan fingerprint density at radius 1 is 1.29 bits per heavy atom. The van der Waals surface area contributed by atoms with Crippen molar-refractivity contribution in [2.45, 2.75) is 45.2 Å². The molecule has 1 amide bonds. The largest absolute Gasteiger partial charge is 0.374 e. The molecule has 34 heavy (non-hydrogen) atoms. The number of nitrogens with zero attached hydrogens (tertiary/aromatic N) is 3. The van der Waals surface area contributed by atoms with Gasteiger partial charge < -0.3 is 15.1 Å². The van der Waals surface area contributed by atoms with E-state index in [0.29, 0.717) is 36.4 Å². The Balaban J connectivity index is 1.37. The Hall–Kier alpha value is -2.81. The number of allylic oxidation sites excluding steroid dienone is 1. The maximum Gasteiger partial charge on any atom is 0.269 e. The van der Waals surface area contributed by atoms with Crippen LogP contribution < -0.4 is 14.9 Å². The standard InChI is InChI=1S/C25H35N5O3S/c1-17(2)14-18-6-5-11-26-24(18)29(3)21-9-12-30(13-10-21)25(31)23-16-19-15-20(28-34(4,32)33)7-8-22(19)27-23/h5-8,11,15-17,19,21-22,27-28H,9-10,12-14H2,1-4H3. The minimum atomic E-state index is -3.34. The molecule has 8 nitrogen and oxygen atoms in total. The SMILES string of the molecule is CC(C)Cc1cccnc1N(C)C1CCN(C(=O)C2=CC3C=C(NS(C)(=O)=O)C=CC3N2)CC1. The zero-order chi connectivity index (χ0) is 24.5. The molecule has 9 heteroatoms. The third-order valence-electron chi connectivity index (χ3n) is 6.61. The second-order valence-corrected chi connectivity index (χ2v) is 11.7. The van der Waals surface area contributed by atoms with Crippen LogP contribution in [-0.4, -0.2) is 62.7 Å². The van der Waals surface area contributed by atoms with Crippen molar-refractivity contribution in [1.82, 2.24) is 19.9 Å². The Labute approximate surface area is 202 Å². The van der Waals surface area contributed by atoms with Crippen LogP contribution in [0.25, 0.3) is 0 Å². The van der Waals surface area contributed by atoms with Crippen molar-refractivity contribution in [2.24, 2.45) is 11.8 Å². The van der Waals surface area contributed by atoms with Crippen molar-refractivity contribution in [3.05, 3.63) is 59.6 Å². The summed E-state index contributed by atoms with van der Waals surface area (Å²) in [6, 6.07) is 4.47. The van der Waals surface area contributed by atoms with E-state index in [2.05, 4.69) is 46.9 Å². The third kappa shape index (κ3) is 5.63. The second kappa shape index (κ2) is 9.82. The predicted molar refractivity (Wildman–Crippen MR) is 134 cm³/mol. The van der Waals surface area contributed by atoms with Crippen molar-refractivity contribution in [1.29, 1.82) is 0 Å². The van der Waals surface area contributed by atoms with E-state index in [9.17, 15) is 13.2 Å². The van der Waals surface area contributed by atoms with Gasteiger partial charge in [0.15, 0.2) is 0 Å². The van der Waals surface area contributed by atoms with Crippen LogP contribution in [0, 0.1) is 11.8 Å². The average Bonchev–Trinajstić information content (AvgIpc) is 3.20. The van der Waals surface area contributed by atoms with Crippen LogP contribution in [0.2, 0.25) is 0 Å². The molecular formula is C25H35N5O3S. The summed E-state index contributed by atoms with van der Waals surface area (Å²) < 4.78 is 25.5. The Morgan fingerprint density at radius 3 is 2.71 bits per heavy atom. The van der Waals surface area contributed by atoms with Crippen LogP contribution >= 0.6 is 0 Å². The smallest absolute Gasteiger partial charge is 0.269 e. The summed E-state index contributed by atoms with van der Waals surface area (Å²) in [6.07, 6.45) is 13.2. The van der Waals surface area contributed by atoms with E-state index in [1.165, 1.54) is 5.56 Å². The predicted octanol–water partition coefficient (Wildman–Crippen LogP) is 2.18. The number of rotatable bonds is 7. The van der Waals surface area contributed by atoms with Crippen molar-refractivity contribution >= 4 is 21.7 Å². The summed E-state index contributed by atoms with van der Waals surface area (Å²) in [5.74, 6) is 1.56. The Bertz CT molecular complexity index is 1120. The van der Waals surface area contributed by atoms with E-state index in [-0.39, 0.29) is 17.9 Å². The molecule has 0 radical (unpaired) electrons. The first-order valence-electron chi connectivity index (χ1n) is 11.9. The molecule has 2 unspecified atom stereocenters. The van der Waals surface area contributed by atoms with Gasteiger partial charge >= 0.3 is 0 Å². The molecule has 1 aromatic heterocycles. The van der Waals surface area contributed by atoms with E-state index in [1.54, 1.807) is 6.08 Å². The van der Waals surface area contributed by atoms with Gasteiger partial charge in [-0.3, -0.25) is 9.52 Å². The lowest BCUT2D eigenvalue weighted by Crippen LogP contribution is -2.47. The molecule has 1 fully saturated rings. The number of carbonyl (C=O) groups is 1. The summed E-state index contributed by atoms with van der Waals surface area (Å²) >= 11 is 0. The number of fused-ring (bicyclic) bond motifs is 1. The number of aromatic nitrogens is 1. The number of nitrogens with one attached hydrogen (secondary N) is 2. The van der Waals surface area contributed by atoms with E-state index in [0.717, 1.165) is 31.3 Å². The summed E-state index contributed by atoms with van der Waals surface area (Å²) in [4.78, 5) is 22.1. The molecule has 1 aromatic rings. The quantitative estimate of drug-likeness (QED) is 0.615. The molecule has 0 saturated carbocycles. The van der Waals surface area contributed by atoms with Gasteiger partial charge in [0.05, 0.1) is 18.0 Å². The molecule has 1 saturated heterocycles. The van der Waals surface area contributed by atoms with Crippen molar-refractivity contribution < 1.29 is 13.2 Å². The number of sulfonamides is 1. The Kier molecular flexibility index (Phi) is 7.02. The summed E-state index contributed by atoms with van der Waals surface area (Å²) in [5, 5.41) is 3.30. The van der Waals surface area contributed by atoms with Crippen LogP contribution in [-0.2, 0) is 21.2 Å². The van der Waals surface area contributed by atoms with Gasteiger partial charge in [-0.2, -0.15) is 0 Å². The van der Waals surface area contributed by atoms with Gasteiger partial charge in [-0.05, 0) is 49.0 Å². The van der Waals surface area contributed by atoms with Gasteiger partial charge in [-0.15, -0.1) is 0 Å². The summed E-state index contributed by atoms with van der Waals surface area (Å²) in [6.45, 7) is 5.83. The van der Waals surface area contributed by atoms with Crippen LogP contribution in [0.3, 0.4) is 0 Å². The van der Waals surface area contributed by atoms with E-state index < -0.39 is 10.0 Å². The van der Waals surface area contributed by atoms with Gasteiger partial charge in [-0.25, -0.2) is 13.4 Å². The average molecular weight is 486 g/mol. The molecule has 0 aromatic carbocycles. The fraction of sp³-hybridized carbons (Fsp3) is 0.520. The number of pyridine rings is 1. The molecule has 0 spiro atoms. The minimum Gasteiger partial charge on any atom is -0.374 e. The van der Waals surface area contributed by atoms with Gasteiger partial charge in [-0.1, -0.05) is 32.1 Å². The lowest BCUT2D eigenvalue weighted by molar-refractivity contribution is -0.128. The lowest BCUT2D eigenvalue weighted by atomic mass is 9.96. The van der Waals surface area contributed by atoms with Gasteiger partial charge in [0.1, 0.15) is 5.82 Å². The number of amides is 1. The molecule has 184 valence electrons. The van der Waals surface area contributed by atoms with Crippen LogP contribution in [0.4, 0.5) is 5.82 Å². The van der Waals surface area contributed by atoms with Crippen LogP contribution in [0.1, 0.15) is 32.3 Å². The molecule has 3 heterocycles. The monoisotopic (exact) mass is 485 g/mol. The zero-order valence-electron chi connectivity index (χ0n) is 20.4. The maximum absolute atomic E-state index is 13.2. The van der Waals surface area contributed by atoms with E-state index in [4.69, 9.17) is 0 Å². The normalized spacial score (nSPS) is 22.7. The molecule has 2 N–H and O–H groups in total. The maximum atomic E-state index is 13.2. The van der Waals surface area contributed by atoms with Gasteiger partial charge in [0, 0.05) is 44.0 Å². The highest BCUT2D eigenvalue weighted by Crippen LogP contribution is 2.28. The number of anilines is 1. The molecule has 2 aliphatic heterocycles. The summed E-state index contributed by atoms with van der Waals surface area (Å²) in [5.41, 5.74) is 2.39. The fourth-order valence-electron chi connectivity index (χ4n) is 4.98. The molecule has 4 rings (SSSR count). The Morgan fingerprint density at radius 2 is 2.03 bits per heavy atom. The molecule has 1 aliphatic carbocycles. The number of piperidine rings is 1. The van der Waals surface area contributed by atoms with E-state index >= 15 is 0 Å². The lowest BCUT2D eigenvalue weighted by Gasteiger charge is -2.38.